The predicted octanol–water partition coefficient (Wildman–Crippen LogP) is 4.28. The fraction of sp³-hybridized carbons (Fsp3) is 0.0500. The van der Waals surface area contributed by atoms with Crippen LogP contribution in [0.1, 0.15) is 21.6 Å². The van der Waals surface area contributed by atoms with Crippen LogP contribution in [0.4, 0.5) is 11.4 Å². The Balaban J connectivity index is 1.69. The monoisotopic (exact) mass is 362 g/mol. The molecule has 3 rings (SSSR count). The van der Waals surface area contributed by atoms with Crippen molar-refractivity contribution in [2.24, 2.45) is 0 Å². The van der Waals surface area contributed by atoms with Gasteiger partial charge in [-0.1, -0.05) is 35.9 Å². The summed E-state index contributed by atoms with van der Waals surface area (Å²) in [6.45, 7) is 0.321. The van der Waals surface area contributed by atoms with Crippen LogP contribution < -0.4 is 10.6 Å². The topological polar surface area (TPSA) is 77.8 Å². The molecule has 0 aliphatic heterocycles. The van der Waals surface area contributed by atoms with Gasteiger partial charge in [-0.3, -0.25) is 9.78 Å². The van der Waals surface area contributed by atoms with E-state index in [4.69, 9.17) is 16.9 Å². The Hall–Kier alpha value is -3.36. The normalized spacial score (nSPS) is 10.0. The van der Waals surface area contributed by atoms with E-state index in [0.717, 1.165) is 11.3 Å². The zero-order valence-corrected chi connectivity index (χ0v) is 14.5. The number of hydrogen-bond donors (Lipinski definition) is 2. The van der Waals surface area contributed by atoms with E-state index in [0.29, 0.717) is 28.5 Å². The van der Waals surface area contributed by atoms with Gasteiger partial charge < -0.3 is 10.6 Å². The van der Waals surface area contributed by atoms with E-state index in [1.165, 1.54) is 0 Å². The third-order valence-electron chi connectivity index (χ3n) is 3.67. The van der Waals surface area contributed by atoms with Gasteiger partial charge in [-0.05, 0) is 42.0 Å². The summed E-state index contributed by atoms with van der Waals surface area (Å²) in [6.07, 6.45) is 1.56. The van der Waals surface area contributed by atoms with Crippen molar-refractivity contribution in [1.29, 1.82) is 5.26 Å². The molecule has 1 aromatic heterocycles. The van der Waals surface area contributed by atoms with Gasteiger partial charge >= 0.3 is 0 Å². The SMILES string of the molecule is N#Cc1cccc(Nc2ccnc(C(=O)NCc3ccccc3Cl)c2)c1. The number of nitrogens with one attached hydrogen (secondary N) is 2. The third-order valence-corrected chi connectivity index (χ3v) is 4.04. The maximum atomic E-state index is 12.3. The fourth-order valence-corrected chi connectivity index (χ4v) is 2.58. The van der Waals surface area contributed by atoms with Crippen LogP contribution in [0.15, 0.2) is 66.9 Å². The number of halogens is 1. The lowest BCUT2D eigenvalue weighted by Crippen LogP contribution is -2.24. The fourth-order valence-electron chi connectivity index (χ4n) is 2.37. The van der Waals surface area contributed by atoms with Gasteiger partial charge in [0.05, 0.1) is 11.6 Å². The first-order valence-corrected chi connectivity index (χ1v) is 8.28. The van der Waals surface area contributed by atoms with Crippen LogP contribution in [-0.2, 0) is 6.54 Å². The zero-order chi connectivity index (χ0) is 18.4. The highest BCUT2D eigenvalue weighted by Gasteiger charge is 2.09. The first-order chi connectivity index (χ1) is 12.7. The number of benzene rings is 2. The van der Waals surface area contributed by atoms with Gasteiger partial charge in [0.1, 0.15) is 5.69 Å². The van der Waals surface area contributed by atoms with Crippen LogP contribution in [-0.4, -0.2) is 10.9 Å². The molecular weight excluding hydrogens is 348 g/mol. The maximum absolute atomic E-state index is 12.3. The number of hydrogen-bond acceptors (Lipinski definition) is 4. The number of pyridine rings is 1. The van der Waals surface area contributed by atoms with Crippen molar-refractivity contribution in [3.05, 3.63) is 88.7 Å². The van der Waals surface area contributed by atoms with E-state index in [2.05, 4.69) is 21.7 Å². The molecule has 0 saturated carbocycles. The Labute approximate surface area is 156 Å². The second-order valence-electron chi connectivity index (χ2n) is 5.52. The van der Waals surface area contributed by atoms with Gasteiger partial charge in [-0.25, -0.2) is 0 Å². The second-order valence-corrected chi connectivity index (χ2v) is 5.93. The molecule has 5 nitrogen and oxygen atoms in total. The molecular formula is C20H15ClN4O. The smallest absolute Gasteiger partial charge is 0.270 e. The van der Waals surface area contributed by atoms with Crippen LogP contribution in [0.5, 0.6) is 0 Å². The van der Waals surface area contributed by atoms with Crippen molar-refractivity contribution in [3.8, 4) is 6.07 Å². The molecule has 2 aromatic carbocycles. The van der Waals surface area contributed by atoms with Crippen LogP contribution >= 0.6 is 11.6 Å². The highest BCUT2D eigenvalue weighted by Crippen LogP contribution is 2.18. The largest absolute Gasteiger partial charge is 0.355 e. The Morgan fingerprint density at radius 3 is 2.69 bits per heavy atom. The number of anilines is 2. The Morgan fingerprint density at radius 2 is 1.88 bits per heavy atom. The van der Waals surface area contributed by atoms with Gasteiger partial charge in [-0.2, -0.15) is 5.26 Å². The standard InChI is InChI=1S/C20H15ClN4O/c21-18-7-2-1-5-15(18)13-24-20(26)19-11-17(8-9-23-19)25-16-6-3-4-14(10-16)12-22/h1-11H,13H2,(H,23,25)(H,24,26). The van der Waals surface area contributed by atoms with E-state index in [1.54, 1.807) is 42.6 Å². The number of carbonyl (C=O) groups is 1. The molecule has 1 heterocycles. The summed E-state index contributed by atoms with van der Waals surface area (Å²) in [4.78, 5) is 16.5. The highest BCUT2D eigenvalue weighted by atomic mass is 35.5. The van der Waals surface area contributed by atoms with Crippen molar-refractivity contribution in [1.82, 2.24) is 10.3 Å². The molecule has 0 saturated heterocycles. The summed E-state index contributed by atoms with van der Waals surface area (Å²) in [6, 6.07) is 19.9. The minimum atomic E-state index is -0.292. The van der Waals surface area contributed by atoms with Crippen molar-refractivity contribution in [2.75, 3.05) is 5.32 Å². The van der Waals surface area contributed by atoms with Gasteiger partial charge in [0.25, 0.3) is 5.91 Å². The Morgan fingerprint density at radius 1 is 1.08 bits per heavy atom. The summed E-state index contributed by atoms with van der Waals surface area (Å²) >= 11 is 6.09. The van der Waals surface area contributed by atoms with Gasteiger partial charge in [0, 0.05) is 29.1 Å². The molecule has 0 fully saturated rings. The number of carbonyl (C=O) groups excluding carboxylic acids is 1. The molecule has 2 N–H and O–H groups in total. The van der Waals surface area contributed by atoms with E-state index in [-0.39, 0.29) is 5.91 Å². The van der Waals surface area contributed by atoms with Crippen LogP contribution in [0.25, 0.3) is 0 Å². The number of rotatable bonds is 5. The average Bonchev–Trinajstić information content (AvgIpc) is 2.67. The molecule has 6 heteroatoms. The summed E-state index contributed by atoms with van der Waals surface area (Å²) in [5, 5.41) is 15.5. The predicted molar refractivity (Wildman–Crippen MR) is 101 cm³/mol. The lowest BCUT2D eigenvalue weighted by Gasteiger charge is -2.09. The second kappa shape index (κ2) is 8.15. The molecule has 0 aliphatic rings. The van der Waals surface area contributed by atoms with Crippen LogP contribution in [0.3, 0.4) is 0 Å². The number of aromatic nitrogens is 1. The summed E-state index contributed by atoms with van der Waals surface area (Å²) < 4.78 is 0. The molecule has 0 bridgehead atoms. The Kier molecular flexibility index (Phi) is 5.47. The van der Waals surface area contributed by atoms with E-state index >= 15 is 0 Å². The first kappa shape index (κ1) is 17.5. The molecule has 0 unspecified atom stereocenters. The third kappa shape index (κ3) is 4.38. The van der Waals surface area contributed by atoms with Crippen LogP contribution in [0, 0.1) is 11.3 Å². The number of amides is 1. The molecule has 0 atom stereocenters. The highest BCUT2D eigenvalue weighted by molar-refractivity contribution is 6.31. The Bertz CT molecular complexity index is 981. The van der Waals surface area contributed by atoms with Crippen molar-refractivity contribution in [3.63, 3.8) is 0 Å². The first-order valence-electron chi connectivity index (χ1n) is 7.90. The van der Waals surface area contributed by atoms with Gasteiger partial charge in [0.2, 0.25) is 0 Å². The van der Waals surface area contributed by atoms with Crippen LogP contribution in [0.2, 0.25) is 5.02 Å². The minimum absolute atomic E-state index is 0.290. The van der Waals surface area contributed by atoms with Gasteiger partial charge in [0.15, 0.2) is 0 Å². The molecule has 0 aliphatic carbocycles. The molecule has 3 aromatic rings. The number of nitriles is 1. The molecule has 26 heavy (non-hydrogen) atoms. The average molecular weight is 363 g/mol. The van der Waals surface area contributed by atoms with E-state index in [9.17, 15) is 4.79 Å². The quantitative estimate of drug-likeness (QED) is 0.710. The minimum Gasteiger partial charge on any atom is -0.355 e. The lowest BCUT2D eigenvalue weighted by molar-refractivity contribution is 0.0946. The molecule has 0 spiro atoms. The molecule has 0 radical (unpaired) electrons. The van der Waals surface area contributed by atoms with Crippen molar-refractivity contribution < 1.29 is 4.79 Å². The molecule has 1 amide bonds. The summed E-state index contributed by atoms with van der Waals surface area (Å²) in [7, 11) is 0. The van der Waals surface area contributed by atoms with Gasteiger partial charge in [-0.15, -0.1) is 0 Å². The maximum Gasteiger partial charge on any atom is 0.270 e. The van der Waals surface area contributed by atoms with E-state index < -0.39 is 0 Å². The summed E-state index contributed by atoms with van der Waals surface area (Å²) in [5.41, 5.74) is 3.15. The van der Waals surface area contributed by atoms with Crippen molar-refractivity contribution >= 4 is 28.9 Å². The van der Waals surface area contributed by atoms with E-state index in [1.807, 2.05) is 24.3 Å². The summed E-state index contributed by atoms with van der Waals surface area (Å²) in [5.74, 6) is -0.292. The zero-order valence-electron chi connectivity index (χ0n) is 13.7. The lowest BCUT2D eigenvalue weighted by atomic mass is 10.2. The van der Waals surface area contributed by atoms with Crippen molar-refractivity contribution in [2.45, 2.75) is 6.54 Å². The number of nitrogens with zero attached hydrogens (tertiary/aromatic N) is 2. The molecule has 128 valence electrons.